The Morgan fingerprint density at radius 3 is 2.76 bits per heavy atom. The topological polar surface area (TPSA) is 57.6 Å². The highest BCUT2D eigenvalue weighted by molar-refractivity contribution is 5.81. The summed E-state index contributed by atoms with van der Waals surface area (Å²) in [6, 6.07) is 2.97. The zero-order valence-corrected chi connectivity index (χ0v) is 11.7. The van der Waals surface area contributed by atoms with E-state index in [-0.39, 0.29) is 24.4 Å². The van der Waals surface area contributed by atoms with Gasteiger partial charge in [-0.2, -0.15) is 0 Å². The van der Waals surface area contributed by atoms with Gasteiger partial charge in [0.05, 0.1) is 11.8 Å². The molecule has 0 radical (unpaired) electrons. The number of benzene rings is 1. The summed E-state index contributed by atoms with van der Waals surface area (Å²) in [6.07, 6.45) is 0.819. The van der Waals surface area contributed by atoms with Gasteiger partial charge in [0.1, 0.15) is 11.6 Å². The fraction of sp³-hybridized carbons (Fsp3) is 0.467. The number of amides is 1. The monoisotopic (exact) mass is 297 g/mol. The van der Waals surface area contributed by atoms with Crippen LogP contribution in [0.2, 0.25) is 0 Å². The zero-order valence-electron chi connectivity index (χ0n) is 11.7. The van der Waals surface area contributed by atoms with E-state index in [0.717, 1.165) is 18.2 Å². The molecule has 0 aromatic heterocycles. The third-order valence-electron chi connectivity index (χ3n) is 3.91. The van der Waals surface area contributed by atoms with Crippen molar-refractivity contribution >= 4 is 11.9 Å². The van der Waals surface area contributed by atoms with E-state index < -0.39 is 23.0 Å². The van der Waals surface area contributed by atoms with Crippen LogP contribution in [0.4, 0.5) is 8.78 Å². The predicted molar refractivity (Wildman–Crippen MR) is 71.6 cm³/mol. The summed E-state index contributed by atoms with van der Waals surface area (Å²) >= 11 is 0. The van der Waals surface area contributed by atoms with Crippen molar-refractivity contribution in [3.63, 3.8) is 0 Å². The Hall–Kier alpha value is -1.98. The van der Waals surface area contributed by atoms with E-state index in [2.05, 4.69) is 0 Å². The number of rotatable bonds is 3. The van der Waals surface area contributed by atoms with E-state index >= 15 is 0 Å². The van der Waals surface area contributed by atoms with Crippen LogP contribution in [-0.2, 0) is 16.0 Å². The molecule has 1 aromatic rings. The fourth-order valence-electron chi connectivity index (χ4n) is 2.58. The third-order valence-corrected chi connectivity index (χ3v) is 3.91. The Morgan fingerprint density at radius 1 is 1.38 bits per heavy atom. The standard InChI is InChI=1S/C15H17F2NO3/c1-15(14(20)21)5-2-6-18(9-15)13(19)8-10-7-11(16)3-4-12(10)17/h3-4,7H,2,5-6,8-9H2,1H3,(H,20,21). The lowest BCUT2D eigenvalue weighted by atomic mass is 9.82. The van der Waals surface area contributed by atoms with E-state index in [4.69, 9.17) is 0 Å². The predicted octanol–water partition coefficient (Wildman–Crippen LogP) is 2.22. The second-order valence-electron chi connectivity index (χ2n) is 5.70. The smallest absolute Gasteiger partial charge is 0.311 e. The second-order valence-corrected chi connectivity index (χ2v) is 5.70. The first-order valence-corrected chi connectivity index (χ1v) is 6.77. The van der Waals surface area contributed by atoms with E-state index in [0.29, 0.717) is 19.4 Å². The molecule has 0 aliphatic carbocycles. The first-order chi connectivity index (χ1) is 9.82. The fourth-order valence-corrected chi connectivity index (χ4v) is 2.58. The quantitative estimate of drug-likeness (QED) is 0.930. The van der Waals surface area contributed by atoms with Crippen molar-refractivity contribution in [1.82, 2.24) is 4.90 Å². The van der Waals surface area contributed by atoms with Gasteiger partial charge in [-0.05, 0) is 38.0 Å². The Bertz CT molecular complexity index is 576. The number of piperidine rings is 1. The summed E-state index contributed by atoms with van der Waals surface area (Å²) in [7, 11) is 0. The number of carbonyl (C=O) groups is 2. The summed E-state index contributed by atoms with van der Waals surface area (Å²) in [5.41, 5.74) is -0.989. The van der Waals surface area contributed by atoms with Crippen molar-refractivity contribution in [3.05, 3.63) is 35.4 Å². The van der Waals surface area contributed by atoms with Crippen LogP contribution in [0.1, 0.15) is 25.3 Å². The van der Waals surface area contributed by atoms with E-state index in [9.17, 15) is 23.5 Å². The molecule has 1 aromatic carbocycles. The number of nitrogens with zero attached hydrogens (tertiary/aromatic N) is 1. The lowest BCUT2D eigenvalue weighted by Crippen LogP contribution is -2.48. The van der Waals surface area contributed by atoms with Crippen molar-refractivity contribution in [2.45, 2.75) is 26.2 Å². The van der Waals surface area contributed by atoms with Crippen molar-refractivity contribution in [1.29, 1.82) is 0 Å². The highest BCUT2D eigenvalue weighted by Crippen LogP contribution is 2.30. The van der Waals surface area contributed by atoms with Gasteiger partial charge in [-0.15, -0.1) is 0 Å². The van der Waals surface area contributed by atoms with Gasteiger partial charge in [-0.3, -0.25) is 9.59 Å². The molecule has 114 valence electrons. The number of hydrogen-bond donors (Lipinski definition) is 1. The van der Waals surface area contributed by atoms with Gasteiger partial charge in [0.25, 0.3) is 0 Å². The van der Waals surface area contributed by atoms with Crippen LogP contribution >= 0.6 is 0 Å². The summed E-state index contributed by atoms with van der Waals surface area (Å²) in [5.74, 6) is -2.57. The largest absolute Gasteiger partial charge is 0.481 e. The van der Waals surface area contributed by atoms with Crippen molar-refractivity contribution in [2.24, 2.45) is 5.41 Å². The van der Waals surface area contributed by atoms with Crippen LogP contribution < -0.4 is 0 Å². The average molecular weight is 297 g/mol. The molecule has 1 fully saturated rings. The molecule has 4 nitrogen and oxygen atoms in total. The molecule has 0 spiro atoms. The van der Waals surface area contributed by atoms with E-state index in [1.807, 2.05) is 0 Å². The van der Waals surface area contributed by atoms with Gasteiger partial charge in [-0.1, -0.05) is 0 Å². The number of hydrogen-bond acceptors (Lipinski definition) is 2. The molecule has 1 amide bonds. The number of carboxylic acid groups (broad SMARTS) is 1. The summed E-state index contributed by atoms with van der Waals surface area (Å²) < 4.78 is 26.6. The number of aliphatic carboxylic acids is 1. The second kappa shape index (κ2) is 5.79. The highest BCUT2D eigenvalue weighted by Gasteiger charge is 2.39. The zero-order chi connectivity index (χ0) is 15.6. The van der Waals surface area contributed by atoms with Crippen LogP contribution in [0.5, 0.6) is 0 Å². The molecular formula is C15H17F2NO3. The average Bonchev–Trinajstić information content (AvgIpc) is 2.42. The van der Waals surface area contributed by atoms with Gasteiger partial charge in [0, 0.05) is 18.7 Å². The van der Waals surface area contributed by atoms with Crippen LogP contribution in [0.15, 0.2) is 18.2 Å². The van der Waals surface area contributed by atoms with Gasteiger partial charge < -0.3 is 10.0 Å². The molecule has 1 saturated heterocycles. The van der Waals surface area contributed by atoms with Gasteiger partial charge in [0.15, 0.2) is 0 Å². The van der Waals surface area contributed by atoms with Crippen molar-refractivity contribution in [2.75, 3.05) is 13.1 Å². The molecule has 1 aliphatic heterocycles. The van der Waals surface area contributed by atoms with Gasteiger partial charge >= 0.3 is 5.97 Å². The first kappa shape index (κ1) is 15.4. The molecule has 1 N–H and O–H groups in total. The molecule has 1 heterocycles. The maximum atomic E-state index is 13.5. The SMILES string of the molecule is CC1(C(=O)O)CCCN(C(=O)Cc2cc(F)ccc2F)C1. The molecule has 0 bridgehead atoms. The number of likely N-dealkylation sites (tertiary alicyclic amines) is 1. The Labute approximate surface area is 121 Å². The molecule has 21 heavy (non-hydrogen) atoms. The molecule has 6 heteroatoms. The van der Waals surface area contributed by atoms with Gasteiger partial charge in [0.2, 0.25) is 5.91 Å². The maximum Gasteiger partial charge on any atom is 0.311 e. The molecule has 1 aliphatic rings. The molecule has 1 unspecified atom stereocenters. The summed E-state index contributed by atoms with van der Waals surface area (Å²) in [4.78, 5) is 24.9. The molecule has 1 atom stereocenters. The number of carbonyl (C=O) groups excluding carboxylic acids is 1. The van der Waals surface area contributed by atoms with E-state index in [1.165, 1.54) is 4.90 Å². The molecule has 2 rings (SSSR count). The minimum Gasteiger partial charge on any atom is -0.481 e. The summed E-state index contributed by atoms with van der Waals surface area (Å²) in [6.45, 7) is 2.13. The van der Waals surface area contributed by atoms with E-state index in [1.54, 1.807) is 6.92 Å². The van der Waals surface area contributed by atoms with Crippen molar-refractivity contribution in [3.8, 4) is 0 Å². The summed E-state index contributed by atoms with van der Waals surface area (Å²) in [5, 5.41) is 9.22. The minimum absolute atomic E-state index is 0.0115. The minimum atomic E-state index is -0.978. The maximum absolute atomic E-state index is 13.5. The normalized spacial score (nSPS) is 22.1. The molecule has 0 saturated carbocycles. The lowest BCUT2D eigenvalue weighted by Gasteiger charge is -2.37. The van der Waals surface area contributed by atoms with Crippen LogP contribution in [0.3, 0.4) is 0 Å². The third kappa shape index (κ3) is 3.37. The van der Waals surface area contributed by atoms with Crippen LogP contribution in [0.25, 0.3) is 0 Å². The number of carboxylic acids is 1. The lowest BCUT2D eigenvalue weighted by molar-refractivity contribution is -0.153. The number of halogens is 2. The first-order valence-electron chi connectivity index (χ1n) is 6.77. The van der Waals surface area contributed by atoms with Gasteiger partial charge in [-0.25, -0.2) is 8.78 Å². The Kier molecular flexibility index (Phi) is 4.25. The van der Waals surface area contributed by atoms with Crippen LogP contribution in [0, 0.1) is 17.0 Å². The Morgan fingerprint density at radius 2 is 2.10 bits per heavy atom. The molecular weight excluding hydrogens is 280 g/mol. The van der Waals surface area contributed by atoms with Crippen molar-refractivity contribution < 1.29 is 23.5 Å². The highest BCUT2D eigenvalue weighted by atomic mass is 19.1. The van der Waals surface area contributed by atoms with Crippen LogP contribution in [-0.4, -0.2) is 35.0 Å². The Balaban J connectivity index is 2.10.